The van der Waals surface area contributed by atoms with E-state index in [0.717, 1.165) is 19.6 Å². The molecule has 1 unspecified atom stereocenters. The molecule has 1 atom stereocenters. The van der Waals surface area contributed by atoms with Gasteiger partial charge in [-0.05, 0) is 57.1 Å². The molecule has 1 N–H and O–H groups in total. The summed E-state index contributed by atoms with van der Waals surface area (Å²) in [5.41, 5.74) is 1.83. The fourth-order valence-corrected chi connectivity index (χ4v) is 3.07. The van der Waals surface area contributed by atoms with E-state index in [1.807, 2.05) is 25.2 Å². The van der Waals surface area contributed by atoms with E-state index >= 15 is 0 Å². The number of rotatable bonds is 6. The van der Waals surface area contributed by atoms with Crippen LogP contribution in [0.5, 0.6) is 5.75 Å². The van der Waals surface area contributed by atoms with Crippen molar-refractivity contribution in [2.45, 2.75) is 38.3 Å². The molecular weight excluding hydrogens is 262 g/mol. The van der Waals surface area contributed by atoms with Gasteiger partial charge in [-0.25, -0.2) is 0 Å². The third-order valence-corrected chi connectivity index (χ3v) is 4.25. The summed E-state index contributed by atoms with van der Waals surface area (Å²) in [5, 5.41) is 12.3. The van der Waals surface area contributed by atoms with Gasteiger partial charge in [0, 0.05) is 12.6 Å². The average Bonchev–Trinajstić information content (AvgIpc) is 2.54. The number of methoxy groups -OCH3 is 1. The minimum Gasteiger partial charge on any atom is -0.495 e. The largest absolute Gasteiger partial charge is 0.495 e. The Bertz CT molecular complexity index is 495. The molecule has 0 spiro atoms. The number of hydrogen-bond donors (Lipinski definition) is 1. The average molecular weight is 287 g/mol. The zero-order valence-electron chi connectivity index (χ0n) is 13.1. The minimum absolute atomic E-state index is 0.603. The zero-order valence-corrected chi connectivity index (χ0v) is 13.1. The maximum Gasteiger partial charge on any atom is 0.136 e. The SMILES string of the molecule is CNCCC1CCCCN1Cc1ccc(C#N)c(OC)c1. The highest BCUT2D eigenvalue weighted by molar-refractivity contribution is 5.45. The molecule has 0 aromatic heterocycles. The normalized spacial score (nSPS) is 19.2. The van der Waals surface area contributed by atoms with Crippen molar-refractivity contribution in [3.05, 3.63) is 29.3 Å². The number of ether oxygens (including phenoxy) is 1. The zero-order chi connectivity index (χ0) is 15.1. The standard InChI is InChI=1S/C17H25N3O/c1-19-9-8-16-5-3-4-10-20(16)13-14-6-7-15(12-18)17(11-14)21-2/h6-7,11,16,19H,3-5,8-10,13H2,1-2H3. The molecule has 2 rings (SSSR count). The molecule has 1 aliphatic rings. The van der Waals surface area contributed by atoms with Crippen molar-refractivity contribution >= 4 is 0 Å². The van der Waals surface area contributed by atoms with Crippen molar-refractivity contribution in [3.8, 4) is 11.8 Å². The van der Waals surface area contributed by atoms with Crippen LogP contribution in [0.4, 0.5) is 0 Å². The van der Waals surface area contributed by atoms with Gasteiger partial charge in [-0.3, -0.25) is 4.90 Å². The first-order chi connectivity index (χ1) is 10.3. The van der Waals surface area contributed by atoms with Gasteiger partial charge >= 0.3 is 0 Å². The number of benzene rings is 1. The van der Waals surface area contributed by atoms with Crippen molar-refractivity contribution in [1.29, 1.82) is 5.26 Å². The van der Waals surface area contributed by atoms with Crippen LogP contribution in [0.3, 0.4) is 0 Å². The van der Waals surface area contributed by atoms with Gasteiger partial charge in [0.05, 0.1) is 12.7 Å². The molecule has 1 aromatic carbocycles. The van der Waals surface area contributed by atoms with E-state index in [0.29, 0.717) is 17.4 Å². The monoisotopic (exact) mass is 287 g/mol. The molecule has 21 heavy (non-hydrogen) atoms. The quantitative estimate of drug-likeness (QED) is 0.873. The number of piperidine rings is 1. The first-order valence-corrected chi connectivity index (χ1v) is 7.74. The molecule has 1 saturated heterocycles. The highest BCUT2D eigenvalue weighted by Crippen LogP contribution is 2.24. The van der Waals surface area contributed by atoms with Crippen LogP contribution in [0.2, 0.25) is 0 Å². The van der Waals surface area contributed by atoms with E-state index in [2.05, 4.69) is 16.3 Å². The highest BCUT2D eigenvalue weighted by atomic mass is 16.5. The third kappa shape index (κ3) is 4.20. The molecule has 114 valence electrons. The summed E-state index contributed by atoms with van der Waals surface area (Å²) in [6.45, 7) is 3.17. The van der Waals surface area contributed by atoms with Crippen LogP contribution in [-0.4, -0.2) is 38.2 Å². The lowest BCUT2D eigenvalue weighted by atomic mass is 9.98. The van der Waals surface area contributed by atoms with Crippen LogP contribution < -0.4 is 10.1 Å². The van der Waals surface area contributed by atoms with Crippen LogP contribution in [0, 0.1) is 11.3 Å². The van der Waals surface area contributed by atoms with Crippen molar-refractivity contribution < 1.29 is 4.74 Å². The smallest absolute Gasteiger partial charge is 0.136 e. The van der Waals surface area contributed by atoms with Gasteiger partial charge in [-0.15, -0.1) is 0 Å². The first-order valence-electron chi connectivity index (χ1n) is 7.74. The topological polar surface area (TPSA) is 48.3 Å². The van der Waals surface area contributed by atoms with Gasteiger partial charge in [-0.1, -0.05) is 12.5 Å². The molecule has 0 radical (unpaired) electrons. The lowest BCUT2D eigenvalue weighted by molar-refractivity contribution is 0.132. The fraction of sp³-hybridized carbons (Fsp3) is 0.588. The van der Waals surface area contributed by atoms with Gasteiger partial charge in [-0.2, -0.15) is 5.26 Å². The molecule has 1 aliphatic heterocycles. The van der Waals surface area contributed by atoms with Gasteiger partial charge in [0.25, 0.3) is 0 Å². The van der Waals surface area contributed by atoms with Gasteiger partial charge in [0.15, 0.2) is 0 Å². The van der Waals surface area contributed by atoms with Gasteiger partial charge in [0.2, 0.25) is 0 Å². The van der Waals surface area contributed by atoms with E-state index in [1.165, 1.54) is 31.2 Å². The molecule has 0 saturated carbocycles. The number of nitriles is 1. The summed E-state index contributed by atoms with van der Waals surface area (Å²) in [6.07, 6.45) is 5.10. The van der Waals surface area contributed by atoms with Crippen molar-refractivity contribution in [3.63, 3.8) is 0 Å². The maximum atomic E-state index is 9.05. The Kier molecular flexibility index (Phi) is 6.04. The Morgan fingerprint density at radius 2 is 2.29 bits per heavy atom. The minimum atomic E-state index is 0.603. The second-order valence-electron chi connectivity index (χ2n) is 5.66. The van der Waals surface area contributed by atoms with Crippen molar-refractivity contribution in [1.82, 2.24) is 10.2 Å². The molecule has 0 aliphatic carbocycles. The highest BCUT2D eigenvalue weighted by Gasteiger charge is 2.22. The van der Waals surface area contributed by atoms with E-state index in [-0.39, 0.29) is 0 Å². The predicted molar refractivity (Wildman–Crippen MR) is 84.3 cm³/mol. The molecule has 1 aromatic rings. The molecule has 4 heteroatoms. The second kappa shape index (κ2) is 8.02. The summed E-state index contributed by atoms with van der Waals surface area (Å²) in [4.78, 5) is 2.57. The Hall–Kier alpha value is -1.57. The van der Waals surface area contributed by atoms with E-state index in [1.54, 1.807) is 7.11 Å². The van der Waals surface area contributed by atoms with Crippen LogP contribution in [0.15, 0.2) is 18.2 Å². The predicted octanol–water partition coefficient (Wildman–Crippen LogP) is 2.53. The number of nitrogens with one attached hydrogen (secondary N) is 1. The lowest BCUT2D eigenvalue weighted by Gasteiger charge is -2.36. The maximum absolute atomic E-state index is 9.05. The summed E-state index contributed by atoms with van der Waals surface area (Å²) in [6, 6.07) is 8.74. The third-order valence-electron chi connectivity index (χ3n) is 4.25. The molecule has 1 fully saturated rings. The number of nitrogens with zero attached hydrogens (tertiary/aromatic N) is 2. The Morgan fingerprint density at radius 3 is 3.00 bits per heavy atom. The molecule has 0 bridgehead atoms. The Morgan fingerprint density at radius 1 is 1.43 bits per heavy atom. The summed E-state index contributed by atoms with van der Waals surface area (Å²) in [5.74, 6) is 0.679. The van der Waals surface area contributed by atoms with Crippen molar-refractivity contribution in [2.75, 3.05) is 27.2 Å². The van der Waals surface area contributed by atoms with E-state index in [9.17, 15) is 0 Å². The molecule has 0 amide bonds. The van der Waals surface area contributed by atoms with Gasteiger partial charge in [0.1, 0.15) is 11.8 Å². The fourth-order valence-electron chi connectivity index (χ4n) is 3.07. The second-order valence-corrected chi connectivity index (χ2v) is 5.66. The Balaban J connectivity index is 2.06. The summed E-state index contributed by atoms with van der Waals surface area (Å²) < 4.78 is 5.31. The van der Waals surface area contributed by atoms with E-state index < -0.39 is 0 Å². The lowest BCUT2D eigenvalue weighted by Crippen LogP contribution is -2.40. The van der Waals surface area contributed by atoms with Crippen LogP contribution in [0.1, 0.15) is 36.8 Å². The number of hydrogen-bond acceptors (Lipinski definition) is 4. The van der Waals surface area contributed by atoms with Crippen LogP contribution >= 0.6 is 0 Å². The first kappa shape index (κ1) is 15.8. The summed E-state index contributed by atoms with van der Waals surface area (Å²) in [7, 11) is 3.63. The van der Waals surface area contributed by atoms with Crippen LogP contribution in [0.25, 0.3) is 0 Å². The molecule has 1 heterocycles. The van der Waals surface area contributed by atoms with Crippen LogP contribution in [-0.2, 0) is 6.54 Å². The number of likely N-dealkylation sites (tertiary alicyclic amines) is 1. The molecular formula is C17H25N3O. The molecule has 4 nitrogen and oxygen atoms in total. The Labute approximate surface area is 127 Å². The van der Waals surface area contributed by atoms with E-state index in [4.69, 9.17) is 10.00 Å². The van der Waals surface area contributed by atoms with Gasteiger partial charge < -0.3 is 10.1 Å². The van der Waals surface area contributed by atoms with Crippen molar-refractivity contribution in [2.24, 2.45) is 0 Å². The summed E-state index contributed by atoms with van der Waals surface area (Å²) >= 11 is 0.